The summed E-state index contributed by atoms with van der Waals surface area (Å²) >= 11 is 0. The summed E-state index contributed by atoms with van der Waals surface area (Å²) in [6.07, 6.45) is 0.335. The van der Waals surface area contributed by atoms with Crippen molar-refractivity contribution in [3.8, 4) is 0 Å². The molecule has 1 aromatic rings. The van der Waals surface area contributed by atoms with Crippen LogP contribution in [0.2, 0.25) is 0 Å². The maximum atomic E-state index is 12.7. The number of rotatable bonds is 5. The van der Waals surface area contributed by atoms with Gasteiger partial charge in [-0.25, -0.2) is 0 Å². The average molecular weight is 302 g/mol. The maximum absolute atomic E-state index is 12.7. The number of nitrogens with zero attached hydrogens (tertiary/aromatic N) is 2. The molecule has 22 heavy (non-hydrogen) atoms. The molecule has 1 atom stereocenters. The van der Waals surface area contributed by atoms with E-state index in [2.05, 4.69) is 0 Å². The van der Waals surface area contributed by atoms with Crippen molar-refractivity contribution in [2.45, 2.75) is 52.7 Å². The molecule has 1 saturated heterocycles. The normalized spacial score (nSPS) is 18.4. The Bertz CT molecular complexity index is 517. The van der Waals surface area contributed by atoms with Gasteiger partial charge in [0.15, 0.2) is 0 Å². The fourth-order valence-electron chi connectivity index (χ4n) is 3.21. The van der Waals surface area contributed by atoms with Crippen LogP contribution in [-0.2, 0) is 16.1 Å². The number of hydrogen-bond donors (Lipinski definition) is 0. The van der Waals surface area contributed by atoms with E-state index in [4.69, 9.17) is 0 Å². The SMILES string of the molecule is CC(C)N(C(=O)C1CC(=O)N(Cc2ccccc2)C1)C(C)C. The molecule has 1 fully saturated rings. The summed E-state index contributed by atoms with van der Waals surface area (Å²) in [6.45, 7) is 9.22. The minimum absolute atomic E-state index is 0.0784. The second kappa shape index (κ2) is 6.95. The Labute approximate surface area is 133 Å². The molecule has 1 unspecified atom stereocenters. The van der Waals surface area contributed by atoms with E-state index in [9.17, 15) is 9.59 Å². The molecule has 1 aliphatic heterocycles. The highest BCUT2D eigenvalue weighted by atomic mass is 16.2. The molecule has 0 aromatic heterocycles. The largest absolute Gasteiger partial charge is 0.338 e. The van der Waals surface area contributed by atoms with E-state index in [0.29, 0.717) is 19.5 Å². The average Bonchev–Trinajstić information content (AvgIpc) is 2.80. The van der Waals surface area contributed by atoms with Crippen LogP contribution in [0.4, 0.5) is 0 Å². The zero-order valence-corrected chi connectivity index (χ0v) is 14.0. The van der Waals surface area contributed by atoms with Crippen molar-refractivity contribution >= 4 is 11.8 Å². The molecule has 2 amide bonds. The molecule has 1 aromatic carbocycles. The van der Waals surface area contributed by atoms with E-state index in [0.717, 1.165) is 5.56 Å². The lowest BCUT2D eigenvalue weighted by Gasteiger charge is -2.33. The highest BCUT2D eigenvalue weighted by Crippen LogP contribution is 2.24. The van der Waals surface area contributed by atoms with Crippen LogP contribution in [0, 0.1) is 5.92 Å². The van der Waals surface area contributed by atoms with Gasteiger partial charge in [-0.15, -0.1) is 0 Å². The standard InChI is InChI=1S/C18H26N2O2/c1-13(2)20(14(3)4)18(22)16-10-17(21)19(12-16)11-15-8-6-5-7-9-15/h5-9,13-14,16H,10-12H2,1-4H3. The third-order valence-electron chi connectivity index (χ3n) is 4.15. The van der Waals surface area contributed by atoms with E-state index >= 15 is 0 Å². The molecule has 0 bridgehead atoms. The first kappa shape index (κ1) is 16.5. The molecule has 1 aliphatic rings. The van der Waals surface area contributed by atoms with Crippen molar-refractivity contribution in [1.29, 1.82) is 0 Å². The second-order valence-corrected chi connectivity index (χ2v) is 6.59. The van der Waals surface area contributed by atoms with E-state index in [-0.39, 0.29) is 29.8 Å². The lowest BCUT2D eigenvalue weighted by molar-refractivity contribution is -0.139. The first-order valence-electron chi connectivity index (χ1n) is 8.04. The Hall–Kier alpha value is -1.84. The summed E-state index contributed by atoms with van der Waals surface area (Å²) in [6, 6.07) is 10.2. The van der Waals surface area contributed by atoms with Gasteiger partial charge in [-0.2, -0.15) is 0 Å². The molecule has 4 heteroatoms. The third kappa shape index (κ3) is 3.67. The topological polar surface area (TPSA) is 40.6 Å². The predicted molar refractivity (Wildman–Crippen MR) is 87.1 cm³/mol. The van der Waals surface area contributed by atoms with Gasteiger partial charge in [0.25, 0.3) is 0 Å². The van der Waals surface area contributed by atoms with Crippen LogP contribution in [0.25, 0.3) is 0 Å². The molecule has 0 aliphatic carbocycles. The fraction of sp³-hybridized carbons (Fsp3) is 0.556. The lowest BCUT2D eigenvalue weighted by atomic mass is 10.0. The van der Waals surface area contributed by atoms with Crippen molar-refractivity contribution in [2.24, 2.45) is 5.92 Å². The van der Waals surface area contributed by atoms with Crippen LogP contribution in [0.5, 0.6) is 0 Å². The molecule has 0 spiro atoms. The zero-order chi connectivity index (χ0) is 16.3. The predicted octanol–water partition coefficient (Wildman–Crippen LogP) is 2.68. The van der Waals surface area contributed by atoms with Gasteiger partial charge in [0.1, 0.15) is 0 Å². The van der Waals surface area contributed by atoms with Crippen molar-refractivity contribution in [3.05, 3.63) is 35.9 Å². The summed E-state index contributed by atoms with van der Waals surface area (Å²) in [5, 5.41) is 0. The minimum atomic E-state index is -0.207. The summed E-state index contributed by atoms with van der Waals surface area (Å²) in [5.41, 5.74) is 1.11. The van der Waals surface area contributed by atoms with Crippen molar-refractivity contribution in [1.82, 2.24) is 9.80 Å². The summed E-state index contributed by atoms with van der Waals surface area (Å²) in [4.78, 5) is 28.6. The monoisotopic (exact) mass is 302 g/mol. The smallest absolute Gasteiger partial charge is 0.228 e. The second-order valence-electron chi connectivity index (χ2n) is 6.59. The first-order chi connectivity index (χ1) is 10.4. The van der Waals surface area contributed by atoms with Gasteiger partial charge in [0.2, 0.25) is 11.8 Å². The van der Waals surface area contributed by atoms with Crippen LogP contribution in [0.3, 0.4) is 0 Å². The van der Waals surface area contributed by atoms with E-state index in [1.807, 2.05) is 62.9 Å². The van der Waals surface area contributed by atoms with Gasteiger partial charge in [0, 0.05) is 31.6 Å². The molecule has 4 nitrogen and oxygen atoms in total. The number of amides is 2. The minimum Gasteiger partial charge on any atom is -0.338 e. The van der Waals surface area contributed by atoms with Gasteiger partial charge >= 0.3 is 0 Å². The third-order valence-corrected chi connectivity index (χ3v) is 4.15. The Kier molecular flexibility index (Phi) is 5.22. The maximum Gasteiger partial charge on any atom is 0.228 e. The Morgan fingerprint density at radius 1 is 1.18 bits per heavy atom. The van der Waals surface area contributed by atoms with Crippen molar-refractivity contribution in [3.63, 3.8) is 0 Å². The molecule has 0 saturated carbocycles. The number of benzene rings is 1. The highest BCUT2D eigenvalue weighted by molar-refractivity contribution is 5.89. The van der Waals surface area contributed by atoms with Gasteiger partial charge in [0.05, 0.1) is 5.92 Å². The van der Waals surface area contributed by atoms with E-state index < -0.39 is 0 Å². The van der Waals surface area contributed by atoms with Crippen LogP contribution in [0.1, 0.15) is 39.7 Å². The van der Waals surface area contributed by atoms with Gasteiger partial charge in [-0.3, -0.25) is 9.59 Å². The van der Waals surface area contributed by atoms with Crippen molar-refractivity contribution < 1.29 is 9.59 Å². The number of carbonyl (C=O) groups is 2. The fourth-order valence-corrected chi connectivity index (χ4v) is 3.21. The van der Waals surface area contributed by atoms with E-state index in [1.54, 1.807) is 4.90 Å². The van der Waals surface area contributed by atoms with Crippen LogP contribution in [0.15, 0.2) is 30.3 Å². The first-order valence-corrected chi connectivity index (χ1v) is 8.04. The zero-order valence-electron chi connectivity index (χ0n) is 14.0. The highest BCUT2D eigenvalue weighted by Gasteiger charge is 2.37. The molecule has 1 heterocycles. The van der Waals surface area contributed by atoms with Gasteiger partial charge < -0.3 is 9.80 Å². The van der Waals surface area contributed by atoms with Gasteiger partial charge in [-0.05, 0) is 33.3 Å². The summed E-state index contributed by atoms with van der Waals surface area (Å²) in [5.74, 6) is -0.0235. The van der Waals surface area contributed by atoms with E-state index in [1.165, 1.54) is 0 Å². The molecular formula is C18H26N2O2. The van der Waals surface area contributed by atoms with Crippen LogP contribution in [-0.4, -0.2) is 40.2 Å². The Morgan fingerprint density at radius 2 is 1.77 bits per heavy atom. The van der Waals surface area contributed by atoms with Crippen molar-refractivity contribution in [2.75, 3.05) is 6.54 Å². The molecular weight excluding hydrogens is 276 g/mol. The quantitative estimate of drug-likeness (QED) is 0.839. The molecule has 120 valence electrons. The number of likely N-dealkylation sites (tertiary alicyclic amines) is 1. The summed E-state index contributed by atoms with van der Waals surface area (Å²) in [7, 11) is 0. The number of carbonyl (C=O) groups excluding carboxylic acids is 2. The lowest BCUT2D eigenvalue weighted by Crippen LogP contribution is -2.45. The molecule has 0 radical (unpaired) electrons. The van der Waals surface area contributed by atoms with Gasteiger partial charge in [-0.1, -0.05) is 30.3 Å². The molecule has 0 N–H and O–H groups in total. The molecule has 2 rings (SSSR count). The van der Waals surface area contributed by atoms with Crippen LogP contribution >= 0.6 is 0 Å². The van der Waals surface area contributed by atoms with Crippen LogP contribution < -0.4 is 0 Å². The summed E-state index contributed by atoms with van der Waals surface area (Å²) < 4.78 is 0. The Balaban J connectivity index is 2.04. The Morgan fingerprint density at radius 3 is 2.32 bits per heavy atom. The number of hydrogen-bond acceptors (Lipinski definition) is 2.